The maximum atomic E-state index is 12.1. The average molecular weight is 298 g/mol. The molecule has 0 aliphatic rings. The number of hydrogen-bond donors (Lipinski definition) is 3. The van der Waals surface area contributed by atoms with E-state index in [1.54, 1.807) is 6.07 Å². The summed E-state index contributed by atoms with van der Waals surface area (Å²) in [6, 6.07) is 12.7. The number of phenolic OH excluding ortho intramolecular Hbond substituents is 1. The SMILES string of the molecule is Cc1ccc(CCNC(=O)c2cccc(NC=O)c2O)cc1. The number of para-hydroxylation sites is 1. The number of anilines is 1. The van der Waals surface area contributed by atoms with E-state index in [0.717, 1.165) is 5.56 Å². The predicted octanol–water partition coefficient (Wildman–Crippen LogP) is 2.24. The highest BCUT2D eigenvalue weighted by atomic mass is 16.3. The van der Waals surface area contributed by atoms with Crippen LogP contribution in [0, 0.1) is 6.92 Å². The molecule has 0 spiro atoms. The second-order valence-electron chi connectivity index (χ2n) is 4.96. The zero-order chi connectivity index (χ0) is 15.9. The highest BCUT2D eigenvalue weighted by molar-refractivity contribution is 5.99. The van der Waals surface area contributed by atoms with Crippen LogP contribution in [0.4, 0.5) is 5.69 Å². The summed E-state index contributed by atoms with van der Waals surface area (Å²) in [7, 11) is 0. The van der Waals surface area contributed by atoms with Crippen LogP contribution in [-0.4, -0.2) is 24.0 Å². The van der Waals surface area contributed by atoms with Crippen molar-refractivity contribution in [3.8, 4) is 5.75 Å². The van der Waals surface area contributed by atoms with Gasteiger partial charge in [0, 0.05) is 6.54 Å². The zero-order valence-electron chi connectivity index (χ0n) is 12.3. The van der Waals surface area contributed by atoms with E-state index < -0.39 is 0 Å². The minimum absolute atomic E-state index is 0.135. The average Bonchev–Trinajstić information content (AvgIpc) is 2.51. The van der Waals surface area contributed by atoms with Crippen LogP contribution >= 0.6 is 0 Å². The van der Waals surface area contributed by atoms with E-state index in [4.69, 9.17) is 0 Å². The molecule has 22 heavy (non-hydrogen) atoms. The van der Waals surface area contributed by atoms with E-state index in [2.05, 4.69) is 10.6 Å². The number of amides is 2. The Morgan fingerprint density at radius 3 is 2.59 bits per heavy atom. The van der Waals surface area contributed by atoms with Crippen molar-refractivity contribution in [1.29, 1.82) is 0 Å². The smallest absolute Gasteiger partial charge is 0.255 e. The van der Waals surface area contributed by atoms with Crippen molar-refractivity contribution in [2.75, 3.05) is 11.9 Å². The molecule has 5 nitrogen and oxygen atoms in total. The molecule has 0 fully saturated rings. The van der Waals surface area contributed by atoms with Crippen molar-refractivity contribution in [2.45, 2.75) is 13.3 Å². The molecule has 5 heteroatoms. The van der Waals surface area contributed by atoms with E-state index >= 15 is 0 Å². The Labute approximate surface area is 129 Å². The molecule has 0 unspecified atom stereocenters. The molecule has 2 amide bonds. The van der Waals surface area contributed by atoms with Crippen LogP contribution in [0.2, 0.25) is 0 Å². The zero-order valence-corrected chi connectivity index (χ0v) is 12.3. The molecule has 0 aromatic heterocycles. The summed E-state index contributed by atoms with van der Waals surface area (Å²) in [4.78, 5) is 22.5. The van der Waals surface area contributed by atoms with Crippen molar-refractivity contribution in [1.82, 2.24) is 5.32 Å². The second kappa shape index (κ2) is 7.26. The number of rotatable bonds is 6. The third kappa shape index (κ3) is 3.85. The fraction of sp³-hybridized carbons (Fsp3) is 0.176. The summed E-state index contributed by atoms with van der Waals surface area (Å²) in [6.07, 6.45) is 1.16. The Morgan fingerprint density at radius 1 is 1.18 bits per heavy atom. The topological polar surface area (TPSA) is 78.4 Å². The van der Waals surface area contributed by atoms with Gasteiger partial charge in [-0.25, -0.2) is 0 Å². The standard InChI is InChI=1S/C17H18N2O3/c1-12-5-7-13(8-6-12)9-10-18-17(22)14-3-2-4-15(16(14)21)19-11-20/h2-8,11,21H,9-10H2,1H3,(H,18,22)(H,19,20). The van der Waals surface area contributed by atoms with Gasteiger partial charge in [-0.3, -0.25) is 9.59 Å². The largest absolute Gasteiger partial charge is 0.505 e. The Balaban J connectivity index is 1.96. The fourth-order valence-corrected chi connectivity index (χ4v) is 2.08. The molecule has 0 saturated carbocycles. The van der Waals surface area contributed by atoms with Crippen LogP contribution in [0.15, 0.2) is 42.5 Å². The van der Waals surface area contributed by atoms with E-state index in [0.29, 0.717) is 19.4 Å². The quantitative estimate of drug-likeness (QED) is 0.565. The van der Waals surface area contributed by atoms with Crippen LogP contribution in [0.3, 0.4) is 0 Å². The number of hydrogen-bond acceptors (Lipinski definition) is 3. The van der Waals surface area contributed by atoms with Gasteiger partial charge in [0.1, 0.15) is 0 Å². The Kier molecular flexibility index (Phi) is 5.14. The molecule has 2 aromatic rings. The number of aryl methyl sites for hydroxylation is 1. The summed E-state index contributed by atoms with van der Waals surface area (Å²) in [5.41, 5.74) is 2.67. The van der Waals surface area contributed by atoms with Gasteiger partial charge in [-0.1, -0.05) is 35.9 Å². The molecule has 2 aromatic carbocycles. The fourth-order valence-electron chi connectivity index (χ4n) is 2.08. The van der Waals surface area contributed by atoms with Crippen molar-refractivity contribution in [3.05, 3.63) is 59.2 Å². The predicted molar refractivity (Wildman–Crippen MR) is 85.0 cm³/mol. The van der Waals surface area contributed by atoms with Crippen molar-refractivity contribution in [2.24, 2.45) is 0 Å². The first-order valence-corrected chi connectivity index (χ1v) is 6.97. The highest BCUT2D eigenvalue weighted by Crippen LogP contribution is 2.26. The van der Waals surface area contributed by atoms with Gasteiger partial charge in [-0.05, 0) is 31.0 Å². The van der Waals surface area contributed by atoms with Gasteiger partial charge < -0.3 is 15.7 Å². The van der Waals surface area contributed by atoms with Gasteiger partial charge >= 0.3 is 0 Å². The number of nitrogens with one attached hydrogen (secondary N) is 2. The molecular weight excluding hydrogens is 280 g/mol. The van der Waals surface area contributed by atoms with E-state index in [-0.39, 0.29) is 22.9 Å². The first kappa shape index (κ1) is 15.6. The summed E-state index contributed by atoms with van der Waals surface area (Å²) >= 11 is 0. The molecule has 0 aliphatic carbocycles. The lowest BCUT2D eigenvalue weighted by atomic mass is 10.1. The first-order valence-electron chi connectivity index (χ1n) is 6.97. The normalized spacial score (nSPS) is 10.0. The molecule has 0 heterocycles. The van der Waals surface area contributed by atoms with Crippen LogP contribution in [0.5, 0.6) is 5.75 Å². The summed E-state index contributed by atoms with van der Waals surface area (Å²) in [5.74, 6) is -0.610. The number of aromatic hydroxyl groups is 1. The van der Waals surface area contributed by atoms with Gasteiger partial charge in [-0.2, -0.15) is 0 Å². The Bertz CT molecular complexity index is 666. The van der Waals surface area contributed by atoms with Crippen LogP contribution < -0.4 is 10.6 Å². The van der Waals surface area contributed by atoms with Gasteiger partial charge in [0.05, 0.1) is 11.3 Å². The summed E-state index contributed by atoms with van der Waals surface area (Å²) in [6.45, 7) is 2.49. The van der Waals surface area contributed by atoms with Crippen LogP contribution in [0.1, 0.15) is 21.5 Å². The Morgan fingerprint density at radius 2 is 1.91 bits per heavy atom. The van der Waals surface area contributed by atoms with Gasteiger partial charge in [0.15, 0.2) is 5.75 Å². The minimum atomic E-state index is -0.376. The molecule has 0 radical (unpaired) electrons. The molecule has 114 valence electrons. The van der Waals surface area contributed by atoms with Crippen molar-refractivity contribution >= 4 is 18.0 Å². The molecule has 0 bridgehead atoms. The van der Waals surface area contributed by atoms with E-state index in [9.17, 15) is 14.7 Å². The number of benzene rings is 2. The maximum absolute atomic E-state index is 12.1. The van der Waals surface area contributed by atoms with Gasteiger partial charge in [0.2, 0.25) is 6.41 Å². The maximum Gasteiger partial charge on any atom is 0.255 e. The second-order valence-corrected chi connectivity index (χ2v) is 4.96. The van der Waals surface area contributed by atoms with E-state index in [1.807, 2.05) is 31.2 Å². The van der Waals surface area contributed by atoms with Crippen LogP contribution in [-0.2, 0) is 11.2 Å². The summed E-state index contributed by atoms with van der Waals surface area (Å²) < 4.78 is 0. The Hall–Kier alpha value is -2.82. The number of carbonyl (C=O) groups is 2. The van der Waals surface area contributed by atoms with Crippen LogP contribution in [0.25, 0.3) is 0 Å². The third-order valence-electron chi connectivity index (χ3n) is 3.31. The van der Waals surface area contributed by atoms with E-state index in [1.165, 1.54) is 17.7 Å². The molecular formula is C17H18N2O3. The lowest BCUT2D eigenvalue weighted by Crippen LogP contribution is -2.25. The number of phenols is 1. The lowest BCUT2D eigenvalue weighted by Gasteiger charge is -2.09. The van der Waals surface area contributed by atoms with Crippen molar-refractivity contribution < 1.29 is 14.7 Å². The van der Waals surface area contributed by atoms with Gasteiger partial charge in [0.25, 0.3) is 5.91 Å². The van der Waals surface area contributed by atoms with Crippen molar-refractivity contribution in [3.63, 3.8) is 0 Å². The minimum Gasteiger partial charge on any atom is -0.505 e. The summed E-state index contributed by atoms with van der Waals surface area (Å²) in [5, 5.41) is 15.1. The lowest BCUT2D eigenvalue weighted by molar-refractivity contribution is -0.105. The molecule has 3 N–H and O–H groups in total. The molecule has 0 aliphatic heterocycles. The monoisotopic (exact) mass is 298 g/mol. The highest BCUT2D eigenvalue weighted by Gasteiger charge is 2.13. The molecule has 2 rings (SSSR count). The molecule has 0 atom stereocenters. The molecule has 0 saturated heterocycles. The number of carbonyl (C=O) groups excluding carboxylic acids is 2. The first-order chi connectivity index (χ1) is 10.6. The van der Waals surface area contributed by atoms with Gasteiger partial charge in [-0.15, -0.1) is 0 Å². The third-order valence-corrected chi connectivity index (χ3v) is 3.31.